The van der Waals surface area contributed by atoms with Crippen molar-refractivity contribution >= 4 is 19.4 Å². The van der Waals surface area contributed by atoms with E-state index in [1.54, 1.807) is 44.2 Å². The number of nitrogens with zero attached hydrogens (tertiary/aromatic N) is 1. The highest BCUT2D eigenvalue weighted by atomic mass is 31.2. The van der Waals surface area contributed by atoms with Gasteiger partial charge < -0.3 is 14.2 Å². The summed E-state index contributed by atoms with van der Waals surface area (Å²) in [4.78, 5) is 21.6. The van der Waals surface area contributed by atoms with Gasteiger partial charge in [0.25, 0.3) is 5.69 Å². The van der Waals surface area contributed by atoms with Gasteiger partial charge in [-0.2, -0.15) is 5.09 Å². The molecule has 0 radical (unpaired) electrons. The molecule has 10 heteroatoms. The molecule has 0 spiro atoms. The third kappa shape index (κ3) is 5.80. The Morgan fingerprint density at radius 3 is 2.04 bits per heavy atom. The molecular weight excluding hydrogens is 375 g/mol. The maximum atomic E-state index is 13.2. The zero-order valence-electron chi connectivity index (χ0n) is 14.6. The largest absolute Gasteiger partial charge is 0.513 e. The van der Waals surface area contributed by atoms with Gasteiger partial charge in [-0.3, -0.25) is 14.9 Å². The summed E-state index contributed by atoms with van der Waals surface area (Å²) in [6, 6.07) is 11.8. The van der Waals surface area contributed by atoms with Gasteiger partial charge in [0.2, 0.25) is 0 Å². The first kappa shape index (κ1) is 20.4. The van der Waals surface area contributed by atoms with Crippen LogP contribution in [0.25, 0.3) is 0 Å². The molecule has 0 fully saturated rings. The summed E-state index contributed by atoms with van der Waals surface area (Å²) in [6.07, 6.45) is 0. The van der Waals surface area contributed by atoms with Crippen molar-refractivity contribution in [1.29, 1.82) is 0 Å². The molecule has 2 aromatic rings. The first-order chi connectivity index (χ1) is 12.7. The predicted molar refractivity (Wildman–Crippen MR) is 97.8 cm³/mol. The Morgan fingerprint density at radius 2 is 1.59 bits per heavy atom. The van der Waals surface area contributed by atoms with Crippen LogP contribution >= 0.6 is 7.75 Å². The number of non-ortho nitro benzene ring substituents is 1. The molecule has 0 saturated carbocycles. The van der Waals surface area contributed by atoms with Gasteiger partial charge in [0.1, 0.15) is 17.5 Å². The lowest BCUT2D eigenvalue weighted by Crippen LogP contribution is -2.40. The average Bonchev–Trinajstić information content (AvgIpc) is 2.60. The summed E-state index contributed by atoms with van der Waals surface area (Å²) < 4.78 is 24.1. The van der Waals surface area contributed by atoms with Gasteiger partial charge in [-0.25, -0.2) is 4.57 Å². The number of hydrogen-bond acceptors (Lipinski definition) is 6. The van der Waals surface area contributed by atoms with E-state index >= 15 is 0 Å². The minimum atomic E-state index is -4.17. The Labute approximate surface area is 155 Å². The zero-order valence-corrected chi connectivity index (χ0v) is 15.5. The van der Waals surface area contributed by atoms with E-state index in [-0.39, 0.29) is 17.2 Å². The van der Waals surface area contributed by atoms with Crippen molar-refractivity contribution in [1.82, 2.24) is 5.09 Å². The molecule has 0 saturated heterocycles. The number of nitrogens with one attached hydrogen (secondary N) is 1. The number of carbonyl (C=O) groups is 1. The molecule has 2 atom stereocenters. The fourth-order valence-corrected chi connectivity index (χ4v) is 3.81. The average molecular weight is 394 g/mol. The van der Waals surface area contributed by atoms with E-state index in [1.165, 1.54) is 24.3 Å². The molecule has 9 nitrogen and oxygen atoms in total. The number of nitro benzene ring substituents is 1. The standard InChI is InChI=1S/C17H19N2O7P/c1-12(2)16(17(20)21)18-27(24,25-14-6-4-3-5-7-14)26-15-10-8-13(9-11-15)19(22)23/h3-12,16H,1-2H3,(H,18,24)(H,20,21). The Kier molecular flexibility index (Phi) is 6.55. The lowest BCUT2D eigenvalue weighted by Gasteiger charge is -2.25. The number of hydrogen-bond donors (Lipinski definition) is 2. The number of para-hydroxylation sites is 1. The van der Waals surface area contributed by atoms with Crippen molar-refractivity contribution < 1.29 is 28.4 Å². The first-order valence-electron chi connectivity index (χ1n) is 7.99. The van der Waals surface area contributed by atoms with Crippen LogP contribution in [0.3, 0.4) is 0 Å². The summed E-state index contributed by atoms with van der Waals surface area (Å²) in [5.74, 6) is -1.38. The zero-order chi connectivity index (χ0) is 20.0. The molecule has 0 heterocycles. The maximum absolute atomic E-state index is 13.2. The second kappa shape index (κ2) is 8.66. The van der Waals surface area contributed by atoms with Crippen LogP contribution in [0, 0.1) is 16.0 Å². The highest BCUT2D eigenvalue weighted by molar-refractivity contribution is 7.52. The Hall–Kier alpha value is -2.90. The van der Waals surface area contributed by atoms with Gasteiger partial charge in [0, 0.05) is 12.1 Å². The monoisotopic (exact) mass is 394 g/mol. The number of carboxylic acid groups (broad SMARTS) is 1. The van der Waals surface area contributed by atoms with E-state index in [4.69, 9.17) is 9.05 Å². The van der Waals surface area contributed by atoms with E-state index in [1.807, 2.05) is 0 Å². The van der Waals surface area contributed by atoms with Crippen LogP contribution in [0.4, 0.5) is 5.69 Å². The summed E-state index contributed by atoms with van der Waals surface area (Å²) in [7, 11) is -4.17. The molecule has 0 aliphatic heterocycles. The smallest absolute Gasteiger partial charge is 0.480 e. The number of nitro groups is 1. The molecule has 0 bridgehead atoms. The summed E-state index contributed by atoms with van der Waals surface area (Å²) >= 11 is 0. The van der Waals surface area contributed by atoms with Crippen molar-refractivity contribution in [2.75, 3.05) is 0 Å². The molecule has 0 aromatic heterocycles. The van der Waals surface area contributed by atoms with Crippen molar-refractivity contribution in [2.24, 2.45) is 5.92 Å². The third-order valence-corrected chi connectivity index (χ3v) is 4.97. The maximum Gasteiger partial charge on any atom is 0.513 e. The van der Waals surface area contributed by atoms with Crippen LogP contribution in [0.2, 0.25) is 0 Å². The summed E-state index contributed by atoms with van der Waals surface area (Å²) in [5.41, 5.74) is -0.167. The second-order valence-electron chi connectivity index (χ2n) is 5.93. The lowest BCUT2D eigenvalue weighted by molar-refractivity contribution is -0.384. The molecule has 2 rings (SSSR count). The van der Waals surface area contributed by atoms with E-state index < -0.39 is 30.6 Å². The van der Waals surface area contributed by atoms with Gasteiger partial charge in [0.15, 0.2) is 0 Å². The predicted octanol–water partition coefficient (Wildman–Crippen LogP) is 3.86. The molecule has 2 aromatic carbocycles. The fraction of sp³-hybridized carbons (Fsp3) is 0.235. The van der Waals surface area contributed by atoms with Crippen LogP contribution in [0.5, 0.6) is 11.5 Å². The molecule has 27 heavy (non-hydrogen) atoms. The molecular formula is C17H19N2O7P. The molecule has 0 aliphatic carbocycles. The van der Waals surface area contributed by atoms with Gasteiger partial charge in [0.05, 0.1) is 4.92 Å². The highest BCUT2D eigenvalue weighted by Crippen LogP contribution is 2.46. The quantitative estimate of drug-likeness (QED) is 0.373. The molecule has 144 valence electrons. The number of carboxylic acids is 1. The van der Waals surface area contributed by atoms with Crippen molar-refractivity contribution in [3.63, 3.8) is 0 Å². The highest BCUT2D eigenvalue weighted by Gasteiger charge is 2.36. The molecule has 2 N–H and O–H groups in total. The minimum Gasteiger partial charge on any atom is -0.480 e. The fourth-order valence-electron chi connectivity index (χ4n) is 2.12. The van der Waals surface area contributed by atoms with E-state index in [2.05, 4.69) is 5.09 Å². The van der Waals surface area contributed by atoms with E-state index in [9.17, 15) is 24.6 Å². The SMILES string of the molecule is CC(C)C(NP(=O)(Oc1ccccc1)Oc1ccc([N+](=O)[O-])cc1)C(=O)O. The minimum absolute atomic E-state index is 0.0280. The lowest BCUT2D eigenvalue weighted by atomic mass is 10.1. The van der Waals surface area contributed by atoms with Crippen LogP contribution < -0.4 is 14.1 Å². The Balaban J connectivity index is 2.31. The molecule has 0 amide bonds. The number of rotatable bonds is 9. The van der Waals surface area contributed by atoms with Crippen LogP contribution in [-0.2, 0) is 9.36 Å². The van der Waals surface area contributed by atoms with E-state index in [0.717, 1.165) is 0 Å². The van der Waals surface area contributed by atoms with E-state index in [0.29, 0.717) is 0 Å². The topological polar surface area (TPSA) is 128 Å². The van der Waals surface area contributed by atoms with Crippen molar-refractivity contribution in [2.45, 2.75) is 19.9 Å². The van der Waals surface area contributed by atoms with Gasteiger partial charge in [-0.05, 0) is 30.2 Å². The summed E-state index contributed by atoms with van der Waals surface area (Å²) in [5, 5.41) is 22.6. The Morgan fingerprint density at radius 1 is 1.07 bits per heavy atom. The van der Waals surface area contributed by atoms with Crippen LogP contribution in [0.15, 0.2) is 54.6 Å². The molecule has 0 aliphatic rings. The first-order valence-corrected chi connectivity index (χ1v) is 9.54. The normalized spacial score (nSPS) is 14.2. The molecule has 2 unspecified atom stereocenters. The van der Waals surface area contributed by atoms with Crippen molar-refractivity contribution in [3.8, 4) is 11.5 Å². The van der Waals surface area contributed by atoms with Gasteiger partial charge in [-0.1, -0.05) is 32.0 Å². The van der Waals surface area contributed by atoms with Crippen LogP contribution in [-0.4, -0.2) is 22.0 Å². The second-order valence-corrected chi connectivity index (χ2v) is 7.55. The summed E-state index contributed by atoms with van der Waals surface area (Å²) in [6.45, 7) is 3.29. The number of benzene rings is 2. The van der Waals surface area contributed by atoms with Crippen LogP contribution in [0.1, 0.15) is 13.8 Å². The van der Waals surface area contributed by atoms with Crippen molar-refractivity contribution in [3.05, 3.63) is 64.7 Å². The number of aliphatic carboxylic acids is 1. The Bertz CT molecular complexity index is 840. The van der Waals surface area contributed by atoms with Gasteiger partial charge in [-0.15, -0.1) is 0 Å². The third-order valence-electron chi connectivity index (χ3n) is 3.47. The van der Waals surface area contributed by atoms with Gasteiger partial charge >= 0.3 is 13.7 Å².